The van der Waals surface area contributed by atoms with Gasteiger partial charge >= 0.3 is 0 Å². The van der Waals surface area contributed by atoms with E-state index in [1.54, 1.807) is 0 Å². The molecule has 0 amide bonds. The van der Waals surface area contributed by atoms with E-state index < -0.39 is 0 Å². The average Bonchev–Trinajstić information content (AvgIpc) is 2.46. The van der Waals surface area contributed by atoms with Gasteiger partial charge in [-0.05, 0) is 43.7 Å². The Balaban J connectivity index is 0.000000673. The predicted octanol–water partition coefficient (Wildman–Crippen LogP) is 4.36. The molecule has 0 heterocycles. The molecule has 1 N–H and O–H groups in total. The van der Waals surface area contributed by atoms with Crippen LogP contribution in [-0.4, -0.2) is 6.54 Å². The predicted molar refractivity (Wildman–Crippen MR) is 74.4 cm³/mol. The molecule has 0 saturated carbocycles. The number of hydrogen-bond donors (Lipinski definition) is 1. The van der Waals surface area contributed by atoms with Crippen LogP contribution in [0.5, 0.6) is 0 Å². The van der Waals surface area contributed by atoms with E-state index in [-0.39, 0.29) is 0 Å². The molecule has 0 saturated heterocycles. The van der Waals surface area contributed by atoms with E-state index in [1.165, 1.54) is 17.6 Å². The lowest BCUT2D eigenvalue weighted by atomic mass is 10.1. The fraction of sp³-hybridized carbons (Fsp3) is 0.467. The van der Waals surface area contributed by atoms with Crippen molar-refractivity contribution in [2.45, 2.75) is 40.5 Å². The van der Waals surface area contributed by atoms with Crippen LogP contribution in [0.4, 0.5) is 0 Å². The molecule has 0 fully saturated rings. The van der Waals surface area contributed by atoms with Crippen molar-refractivity contribution in [1.82, 2.24) is 5.32 Å². The Morgan fingerprint density at radius 1 is 1.31 bits per heavy atom. The maximum absolute atomic E-state index is 3.17. The standard InChI is InChI=1S/C12H17N.C3H8/c1-3-13-10-9-12-8-6-4-5-7-11(12)2;1-3-2/h4-5,7-10,13H,3,6H2,1-2H3;3H2,1-2H3/b10-9-;. The minimum Gasteiger partial charge on any atom is -0.391 e. The molecule has 1 nitrogen and oxygen atoms in total. The normalized spacial score (nSPS) is 14.8. The van der Waals surface area contributed by atoms with Crippen molar-refractivity contribution in [2.24, 2.45) is 0 Å². The molecule has 0 aromatic carbocycles. The third-order valence-electron chi connectivity index (χ3n) is 2.00. The summed E-state index contributed by atoms with van der Waals surface area (Å²) in [6.45, 7) is 9.46. The molecule has 0 aliphatic heterocycles. The Kier molecular flexibility index (Phi) is 9.49. The van der Waals surface area contributed by atoms with Gasteiger partial charge in [0.25, 0.3) is 0 Å². The minimum absolute atomic E-state index is 0.977. The van der Waals surface area contributed by atoms with Gasteiger partial charge in [0.1, 0.15) is 0 Å². The first-order valence-corrected chi connectivity index (χ1v) is 6.20. The van der Waals surface area contributed by atoms with Gasteiger partial charge in [-0.15, -0.1) is 0 Å². The number of rotatable bonds is 3. The second kappa shape index (κ2) is 10.3. The lowest BCUT2D eigenvalue weighted by Crippen LogP contribution is -2.01. The van der Waals surface area contributed by atoms with Gasteiger partial charge in [0.15, 0.2) is 0 Å². The first-order chi connectivity index (χ1) is 7.76. The molecule has 0 aromatic rings. The van der Waals surface area contributed by atoms with E-state index in [4.69, 9.17) is 0 Å². The molecule has 1 rings (SSSR count). The first-order valence-electron chi connectivity index (χ1n) is 6.20. The molecular weight excluding hydrogens is 194 g/mol. The SMILES string of the molecule is CCC.CCN/C=C\C1=CCC=CC=C1C. The van der Waals surface area contributed by atoms with Crippen molar-refractivity contribution in [3.05, 3.63) is 47.7 Å². The monoisotopic (exact) mass is 219 g/mol. The van der Waals surface area contributed by atoms with E-state index in [0.717, 1.165) is 13.0 Å². The van der Waals surface area contributed by atoms with Gasteiger partial charge in [0.2, 0.25) is 0 Å². The van der Waals surface area contributed by atoms with E-state index in [1.807, 2.05) is 6.20 Å². The van der Waals surface area contributed by atoms with E-state index in [0.29, 0.717) is 0 Å². The molecule has 90 valence electrons. The zero-order valence-corrected chi connectivity index (χ0v) is 11.1. The molecular formula is C15H25N. The fourth-order valence-corrected chi connectivity index (χ4v) is 1.21. The van der Waals surface area contributed by atoms with Gasteiger partial charge in [-0.25, -0.2) is 0 Å². The summed E-state index contributed by atoms with van der Waals surface area (Å²) in [5.41, 5.74) is 2.63. The fourth-order valence-electron chi connectivity index (χ4n) is 1.21. The van der Waals surface area contributed by atoms with Gasteiger partial charge in [0.05, 0.1) is 0 Å². The van der Waals surface area contributed by atoms with E-state index >= 15 is 0 Å². The van der Waals surface area contributed by atoms with Gasteiger partial charge in [-0.1, -0.05) is 44.6 Å². The maximum Gasteiger partial charge on any atom is 0.0113 e. The maximum atomic E-state index is 3.17. The van der Waals surface area contributed by atoms with Crippen molar-refractivity contribution < 1.29 is 0 Å². The zero-order valence-electron chi connectivity index (χ0n) is 11.1. The highest BCUT2D eigenvalue weighted by molar-refractivity contribution is 5.41. The Hall–Kier alpha value is -1.24. The third-order valence-corrected chi connectivity index (χ3v) is 2.00. The van der Waals surface area contributed by atoms with E-state index in [2.05, 4.69) is 63.4 Å². The van der Waals surface area contributed by atoms with Crippen LogP contribution in [0.15, 0.2) is 47.7 Å². The number of hydrogen-bond acceptors (Lipinski definition) is 1. The summed E-state index contributed by atoms with van der Waals surface area (Å²) in [6, 6.07) is 0. The topological polar surface area (TPSA) is 12.0 Å². The smallest absolute Gasteiger partial charge is 0.0113 e. The molecule has 0 aromatic heterocycles. The van der Waals surface area contributed by atoms with Crippen LogP contribution in [-0.2, 0) is 0 Å². The largest absolute Gasteiger partial charge is 0.391 e. The molecule has 0 unspecified atom stereocenters. The summed E-state index contributed by atoms with van der Waals surface area (Å²) in [5.74, 6) is 0. The van der Waals surface area contributed by atoms with Crippen LogP contribution in [0.2, 0.25) is 0 Å². The average molecular weight is 219 g/mol. The van der Waals surface area contributed by atoms with Crippen LogP contribution in [0, 0.1) is 0 Å². The second-order valence-electron chi connectivity index (χ2n) is 3.77. The Morgan fingerprint density at radius 3 is 2.62 bits per heavy atom. The molecule has 0 atom stereocenters. The lowest BCUT2D eigenvalue weighted by molar-refractivity contribution is 0.918. The highest BCUT2D eigenvalue weighted by Crippen LogP contribution is 2.14. The van der Waals surface area contributed by atoms with Crippen LogP contribution >= 0.6 is 0 Å². The Bertz CT molecular complexity index is 280. The highest BCUT2D eigenvalue weighted by atomic mass is 14.8. The molecule has 0 bridgehead atoms. The van der Waals surface area contributed by atoms with Crippen LogP contribution in [0.3, 0.4) is 0 Å². The lowest BCUT2D eigenvalue weighted by Gasteiger charge is -2.00. The number of allylic oxidation sites excluding steroid dienone is 7. The molecule has 1 aliphatic rings. The van der Waals surface area contributed by atoms with Crippen LogP contribution in [0.1, 0.15) is 40.5 Å². The van der Waals surface area contributed by atoms with Crippen molar-refractivity contribution in [2.75, 3.05) is 6.54 Å². The van der Waals surface area contributed by atoms with Crippen molar-refractivity contribution in [3.63, 3.8) is 0 Å². The van der Waals surface area contributed by atoms with Gasteiger partial charge in [0, 0.05) is 6.54 Å². The van der Waals surface area contributed by atoms with Crippen LogP contribution < -0.4 is 5.32 Å². The molecule has 0 radical (unpaired) electrons. The zero-order chi connectivity index (χ0) is 12.2. The summed E-state index contributed by atoms with van der Waals surface area (Å²) in [7, 11) is 0. The summed E-state index contributed by atoms with van der Waals surface area (Å²) >= 11 is 0. The molecule has 0 spiro atoms. The number of nitrogens with one attached hydrogen (secondary N) is 1. The quantitative estimate of drug-likeness (QED) is 0.743. The van der Waals surface area contributed by atoms with Crippen LogP contribution in [0.25, 0.3) is 0 Å². The summed E-state index contributed by atoms with van der Waals surface area (Å²) < 4.78 is 0. The summed E-state index contributed by atoms with van der Waals surface area (Å²) in [6.07, 6.45) is 15.1. The Morgan fingerprint density at radius 2 is 2.00 bits per heavy atom. The third kappa shape index (κ3) is 7.10. The van der Waals surface area contributed by atoms with Gasteiger partial charge in [-0.3, -0.25) is 0 Å². The second-order valence-corrected chi connectivity index (χ2v) is 3.77. The molecule has 16 heavy (non-hydrogen) atoms. The summed E-state index contributed by atoms with van der Waals surface area (Å²) in [4.78, 5) is 0. The van der Waals surface area contributed by atoms with Gasteiger partial charge in [-0.2, -0.15) is 0 Å². The molecule has 1 aliphatic carbocycles. The van der Waals surface area contributed by atoms with Gasteiger partial charge < -0.3 is 5.32 Å². The van der Waals surface area contributed by atoms with E-state index in [9.17, 15) is 0 Å². The van der Waals surface area contributed by atoms with Crippen molar-refractivity contribution >= 4 is 0 Å². The van der Waals surface area contributed by atoms with Crippen molar-refractivity contribution in [3.8, 4) is 0 Å². The summed E-state index contributed by atoms with van der Waals surface area (Å²) in [5, 5.41) is 3.17. The molecule has 1 heteroatoms. The van der Waals surface area contributed by atoms with Crippen molar-refractivity contribution in [1.29, 1.82) is 0 Å². The highest BCUT2D eigenvalue weighted by Gasteiger charge is 1.95. The first kappa shape index (κ1) is 14.8. The Labute approximate surface area is 101 Å². The minimum atomic E-state index is 0.977.